The van der Waals surface area contributed by atoms with Crippen LogP contribution in [0.2, 0.25) is 0 Å². The van der Waals surface area contributed by atoms with Gasteiger partial charge >= 0.3 is 5.97 Å². The molecule has 1 atom stereocenters. The molecule has 94 valence electrons. The Morgan fingerprint density at radius 3 is 2.47 bits per heavy atom. The van der Waals surface area contributed by atoms with Crippen LogP contribution in [0, 0.1) is 0 Å². The lowest BCUT2D eigenvalue weighted by molar-refractivity contribution is -0.141. The molecule has 0 saturated heterocycles. The van der Waals surface area contributed by atoms with E-state index in [0.717, 1.165) is 0 Å². The number of carbonyl (C=O) groups excluding carboxylic acids is 1. The van der Waals surface area contributed by atoms with Crippen molar-refractivity contribution >= 4 is 17.9 Å². The summed E-state index contributed by atoms with van der Waals surface area (Å²) >= 11 is 0. The van der Waals surface area contributed by atoms with Crippen LogP contribution >= 0.6 is 0 Å². The predicted molar refractivity (Wildman–Crippen MR) is 63.4 cm³/mol. The first-order valence-electron chi connectivity index (χ1n) is 5.29. The number of hydrogen-bond donors (Lipinski definition) is 2. The van der Waals surface area contributed by atoms with E-state index >= 15 is 0 Å². The molecule has 3 N–H and O–H groups in total. The van der Waals surface area contributed by atoms with E-state index in [1.807, 2.05) is 13.8 Å². The molecule has 17 heavy (non-hydrogen) atoms. The second-order valence-corrected chi connectivity index (χ2v) is 3.92. The van der Waals surface area contributed by atoms with Crippen molar-refractivity contribution in [1.29, 1.82) is 0 Å². The molecule has 1 aromatic rings. The molecule has 0 amide bonds. The lowest BCUT2D eigenvalue weighted by Gasteiger charge is -2.12. The number of anilines is 2. The van der Waals surface area contributed by atoms with Crippen LogP contribution in [0.1, 0.15) is 32.5 Å². The number of nitrogens with one attached hydrogen (secondary N) is 1. The zero-order valence-corrected chi connectivity index (χ0v) is 10.4. The van der Waals surface area contributed by atoms with Gasteiger partial charge in [-0.05, 0) is 6.92 Å². The molecule has 0 aromatic carbocycles. The summed E-state index contributed by atoms with van der Waals surface area (Å²) in [5.74, 6) is 0.726. The number of nitrogens with two attached hydrogens (primary N) is 1. The van der Waals surface area contributed by atoms with E-state index in [-0.39, 0.29) is 17.8 Å². The van der Waals surface area contributed by atoms with E-state index in [0.29, 0.717) is 5.82 Å². The molecular formula is C10H17N5O2. The van der Waals surface area contributed by atoms with Gasteiger partial charge in [0, 0.05) is 5.92 Å². The molecule has 0 aliphatic rings. The van der Waals surface area contributed by atoms with E-state index in [9.17, 15) is 4.79 Å². The van der Waals surface area contributed by atoms with Gasteiger partial charge in [-0.1, -0.05) is 13.8 Å². The maximum Gasteiger partial charge on any atom is 0.328 e. The monoisotopic (exact) mass is 239 g/mol. The van der Waals surface area contributed by atoms with Crippen LogP contribution in [-0.2, 0) is 9.53 Å². The number of nitrogens with zero attached hydrogens (tertiary/aromatic N) is 3. The highest BCUT2D eigenvalue weighted by molar-refractivity contribution is 5.77. The number of nitrogen functional groups attached to an aromatic ring is 1. The third-order valence-corrected chi connectivity index (χ3v) is 2.09. The van der Waals surface area contributed by atoms with Crippen molar-refractivity contribution < 1.29 is 9.53 Å². The summed E-state index contributed by atoms with van der Waals surface area (Å²) < 4.78 is 4.59. The van der Waals surface area contributed by atoms with Gasteiger partial charge in [-0.15, -0.1) is 0 Å². The Morgan fingerprint density at radius 1 is 1.29 bits per heavy atom. The summed E-state index contributed by atoms with van der Waals surface area (Å²) in [6.07, 6.45) is 0. The molecule has 1 unspecified atom stereocenters. The molecule has 0 aliphatic heterocycles. The fraction of sp³-hybridized carbons (Fsp3) is 0.600. The summed E-state index contributed by atoms with van der Waals surface area (Å²) in [6, 6.07) is -0.540. The highest BCUT2D eigenvalue weighted by atomic mass is 16.5. The van der Waals surface area contributed by atoms with Crippen molar-refractivity contribution in [2.45, 2.75) is 32.7 Å². The smallest absolute Gasteiger partial charge is 0.328 e. The number of hydrogen-bond acceptors (Lipinski definition) is 7. The molecule has 7 nitrogen and oxygen atoms in total. The Bertz CT molecular complexity index is 408. The van der Waals surface area contributed by atoms with Gasteiger partial charge in [-0.3, -0.25) is 0 Å². The molecule has 0 radical (unpaired) electrons. The zero-order valence-electron chi connectivity index (χ0n) is 10.4. The van der Waals surface area contributed by atoms with Gasteiger partial charge < -0.3 is 15.8 Å². The number of esters is 1. The lowest BCUT2D eigenvalue weighted by atomic mass is 10.2. The molecule has 7 heteroatoms. The SMILES string of the molecule is COC(=O)C(C)Nc1nc(N)nc(C(C)C)n1. The quantitative estimate of drug-likeness (QED) is 0.739. The Morgan fingerprint density at radius 2 is 1.94 bits per heavy atom. The molecule has 0 fully saturated rings. The molecule has 1 heterocycles. The van der Waals surface area contributed by atoms with Crippen LogP contribution in [-0.4, -0.2) is 34.1 Å². The Kier molecular flexibility index (Phi) is 4.19. The second kappa shape index (κ2) is 5.42. The van der Waals surface area contributed by atoms with E-state index in [4.69, 9.17) is 5.73 Å². The third-order valence-electron chi connectivity index (χ3n) is 2.09. The normalized spacial score (nSPS) is 12.3. The van der Waals surface area contributed by atoms with Crippen molar-refractivity contribution in [3.8, 4) is 0 Å². The molecule has 0 aliphatic carbocycles. The van der Waals surface area contributed by atoms with E-state index in [1.165, 1.54) is 7.11 Å². The van der Waals surface area contributed by atoms with Crippen molar-refractivity contribution in [3.05, 3.63) is 5.82 Å². The Labute approximate surface area is 99.8 Å². The number of aromatic nitrogens is 3. The van der Waals surface area contributed by atoms with Crippen molar-refractivity contribution in [3.63, 3.8) is 0 Å². The van der Waals surface area contributed by atoms with Crippen molar-refractivity contribution in [2.24, 2.45) is 0 Å². The summed E-state index contributed by atoms with van der Waals surface area (Å²) in [5.41, 5.74) is 5.56. The average Bonchev–Trinajstić information content (AvgIpc) is 2.26. The third kappa shape index (κ3) is 3.54. The topological polar surface area (TPSA) is 103 Å². The molecule has 0 bridgehead atoms. The molecular weight excluding hydrogens is 222 g/mol. The number of methoxy groups -OCH3 is 1. The molecule has 1 aromatic heterocycles. The minimum atomic E-state index is -0.540. The summed E-state index contributed by atoms with van der Waals surface area (Å²) in [4.78, 5) is 23.3. The van der Waals surface area contributed by atoms with Crippen LogP contribution in [0.5, 0.6) is 0 Å². The highest BCUT2D eigenvalue weighted by Crippen LogP contribution is 2.12. The van der Waals surface area contributed by atoms with Crippen LogP contribution in [0.4, 0.5) is 11.9 Å². The largest absolute Gasteiger partial charge is 0.467 e. The fourth-order valence-electron chi connectivity index (χ4n) is 1.16. The van der Waals surface area contributed by atoms with Gasteiger partial charge in [0.05, 0.1) is 7.11 Å². The lowest BCUT2D eigenvalue weighted by Crippen LogP contribution is -2.28. The Balaban J connectivity index is 2.87. The maximum absolute atomic E-state index is 11.2. The van der Waals surface area contributed by atoms with Gasteiger partial charge in [0.25, 0.3) is 0 Å². The first-order valence-corrected chi connectivity index (χ1v) is 5.29. The van der Waals surface area contributed by atoms with Gasteiger partial charge in [-0.25, -0.2) is 4.79 Å². The molecule has 0 saturated carbocycles. The molecule has 0 spiro atoms. The van der Waals surface area contributed by atoms with Crippen LogP contribution < -0.4 is 11.1 Å². The summed E-state index contributed by atoms with van der Waals surface area (Å²) in [5, 5.41) is 2.81. The van der Waals surface area contributed by atoms with E-state index in [2.05, 4.69) is 25.0 Å². The minimum Gasteiger partial charge on any atom is -0.467 e. The number of carbonyl (C=O) groups is 1. The van der Waals surface area contributed by atoms with Crippen LogP contribution in [0.3, 0.4) is 0 Å². The van der Waals surface area contributed by atoms with Gasteiger partial charge in [0.15, 0.2) is 0 Å². The predicted octanol–water partition coefficient (Wildman–Crippen LogP) is 0.551. The highest BCUT2D eigenvalue weighted by Gasteiger charge is 2.15. The zero-order chi connectivity index (χ0) is 13.0. The summed E-state index contributed by atoms with van der Waals surface area (Å²) in [7, 11) is 1.32. The van der Waals surface area contributed by atoms with Crippen molar-refractivity contribution in [1.82, 2.24) is 15.0 Å². The van der Waals surface area contributed by atoms with E-state index in [1.54, 1.807) is 6.92 Å². The second-order valence-electron chi connectivity index (χ2n) is 3.92. The van der Waals surface area contributed by atoms with Crippen LogP contribution in [0.15, 0.2) is 0 Å². The standard InChI is InChI=1S/C10H17N5O2/c1-5(2)7-13-9(11)15-10(14-7)12-6(3)8(16)17-4/h5-6H,1-4H3,(H3,11,12,13,14,15). The van der Waals surface area contributed by atoms with Gasteiger partial charge in [0.1, 0.15) is 11.9 Å². The maximum atomic E-state index is 11.2. The van der Waals surface area contributed by atoms with Crippen molar-refractivity contribution in [2.75, 3.05) is 18.2 Å². The first kappa shape index (κ1) is 13.1. The summed E-state index contributed by atoms with van der Waals surface area (Å²) in [6.45, 7) is 5.55. The minimum absolute atomic E-state index is 0.128. The van der Waals surface area contributed by atoms with Gasteiger partial charge in [-0.2, -0.15) is 15.0 Å². The van der Waals surface area contributed by atoms with Crippen LogP contribution in [0.25, 0.3) is 0 Å². The van der Waals surface area contributed by atoms with Gasteiger partial charge in [0.2, 0.25) is 11.9 Å². The fourth-order valence-corrected chi connectivity index (χ4v) is 1.16. The Hall–Kier alpha value is -1.92. The van der Waals surface area contributed by atoms with E-state index < -0.39 is 12.0 Å². The number of rotatable bonds is 4. The number of ether oxygens (including phenoxy) is 1. The average molecular weight is 239 g/mol. The molecule has 1 rings (SSSR count). The first-order chi connectivity index (χ1) is 7.93.